The number of methoxy groups -OCH3 is 1. The molecule has 0 aromatic heterocycles. The predicted octanol–water partition coefficient (Wildman–Crippen LogP) is 1.55. The molecule has 0 spiro atoms. The molecular formula is C10H15NO4. The zero-order chi connectivity index (χ0) is 11.4. The van der Waals surface area contributed by atoms with E-state index in [0.717, 1.165) is 5.57 Å². The first-order chi connectivity index (χ1) is 7.06. The topological polar surface area (TPSA) is 69.4 Å². The average Bonchev–Trinajstić information content (AvgIpc) is 2.27. The molecule has 0 heterocycles. The minimum absolute atomic E-state index is 0.127. The SMILES string of the molecule is COC(=O)C1CC=C(C(C)[N+](=O)[O-])CC1. The van der Waals surface area contributed by atoms with Crippen LogP contribution in [-0.4, -0.2) is 24.0 Å². The summed E-state index contributed by atoms with van der Waals surface area (Å²) in [5, 5.41) is 10.5. The van der Waals surface area contributed by atoms with Crippen molar-refractivity contribution in [2.24, 2.45) is 5.92 Å². The molecule has 0 fully saturated rings. The van der Waals surface area contributed by atoms with E-state index in [0.29, 0.717) is 19.3 Å². The number of nitro groups is 1. The zero-order valence-corrected chi connectivity index (χ0v) is 8.93. The Balaban J connectivity index is 2.59. The van der Waals surface area contributed by atoms with Gasteiger partial charge in [0.2, 0.25) is 6.04 Å². The lowest BCUT2D eigenvalue weighted by Crippen LogP contribution is -2.24. The van der Waals surface area contributed by atoms with E-state index in [-0.39, 0.29) is 16.8 Å². The number of ether oxygens (including phenoxy) is 1. The first-order valence-electron chi connectivity index (χ1n) is 4.96. The maximum absolute atomic E-state index is 11.2. The van der Waals surface area contributed by atoms with Crippen LogP contribution in [0.4, 0.5) is 0 Å². The summed E-state index contributed by atoms with van der Waals surface area (Å²) in [5.74, 6) is -0.350. The van der Waals surface area contributed by atoms with Crippen LogP contribution in [0.25, 0.3) is 0 Å². The van der Waals surface area contributed by atoms with E-state index >= 15 is 0 Å². The van der Waals surface area contributed by atoms with Crippen molar-refractivity contribution in [3.8, 4) is 0 Å². The molecule has 0 amide bonds. The molecule has 0 radical (unpaired) electrons. The summed E-state index contributed by atoms with van der Waals surface area (Å²) in [6.45, 7) is 1.57. The molecule has 0 bridgehead atoms. The lowest BCUT2D eigenvalue weighted by molar-refractivity contribution is -0.508. The molecule has 0 saturated carbocycles. The van der Waals surface area contributed by atoms with Crippen LogP contribution in [0.2, 0.25) is 0 Å². The van der Waals surface area contributed by atoms with E-state index in [1.165, 1.54) is 7.11 Å². The summed E-state index contributed by atoms with van der Waals surface area (Å²) >= 11 is 0. The predicted molar refractivity (Wildman–Crippen MR) is 53.9 cm³/mol. The fraction of sp³-hybridized carbons (Fsp3) is 0.700. The van der Waals surface area contributed by atoms with Gasteiger partial charge < -0.3 is 4.74 Å². The van der Waals surface area contributed by atoms with Gasteiger partial charge in [-0.1, -0.05) is 6.08 Å². The van der Waals surface area contributed by atoms with Crippen LogP contribution in [0.3, 0.4) is 0 Å². The van der Waals surface area contributed by atoms with Crippen molar-refractivity contribution in [3.63, 3.8) is 0 Å². The van der Waals surface area contributed by atoms with E-state index in [2.05, 4.69) is 4.74 Å². The highest BCUT2D eigenvalue weighted by Crippen LogP contribution is 2.27. The highest BCUT2D eigenvalue weighted by molar-refractivity contribution is 5.72. The molecule has 1 aliphatic carbocycles. The Hall–Kier alpha value is -1.39. The summed E-state index contributed by atoms with van der Waals surface area (Å²) in [5.41, 5.74) is 0.820. The Morgan fingerprint density at radius 1 is 1.73 bits per heavy atom. The minimum Gasteiger partial charge on any atom is -0.469 e. The first kappa shape index (κ1) is 11.7. The van der Waals surface area contributed by atoms with Gasteiger partial charge in [0.05, 0.1) is 13.0 Å². The van der Waals surface area contributed by atoms with Crippen molar-refractivity contribution in [1.29, 1.82) is 0 Å². The Bertz CT molecular complexity index is 298. The van der Waals surface area contributed by atoms with Crippen LogP contribution < -0.4 is 0 Å². The maximum atomic E-state index is 11.2. The fourth-order valence-corrected chi connectivity index (χ4v) is 1.75. The third-order valence-electron chi connectivity index (χ3n) is 2.83. The summed E-state index contributed by atoms with van der Waals surface area (Å²) in [4.78, 5) is 21.4. The number of hydrogen-bond acceptors (Lipinski definition) is 4. The van der Waals surface area contributed by atoms with Crippen LogP contribution in [0.1, 0.15) is 26.2 Å². The van der Waals surface area contributed by atoms with Crippen molar-refractivity contribution in [2.75, 3.05) is 7.11 Å². The van der Waals surface area contributed by atoms with Crippen LogP contribution in [-0.2, 0) is 9.53 Å². The van der Waals surface area contributed by atoms with E-state index in [1.807, 2.05) is 0 Å². The second-order valence-corrected chi connectivity index (χ2v) is 3.73. The van der Waals surface area contributed by atoms with Gasteiger partial charge in [-0.15, -0.1) is 0 Å². The zero-order valence-electron chi connectivity index (χ0n) is 8.93. The molecule has 2 unspecified atom stereocenters. The van der Waals surface area contributed by atoms with Gasteiger partial charge in [0, 0.05) is 11.8 Å². The number of hydrogen-bond donors (Lipinski definition) is 0. The third kappa shape index (κ3) is 2.78. The van der Waals surface area contributed by atoms with Gasteiger partial charge in [-0.05, 0) is 24.8 Å². The van der Waals surface area contributed by atoms with Gasteiger partial charge in [-0.2, -0.15) is 0 Å². The molecule has 0 aromatic rings. The van der Waals surface area contributed by atoms with Crippen molar-refractivity contribution in [1.82, 2.24) is 0 Å². The Morgan fingerprint density at radius 3 is 2.80 bits per heavy atom. The highest BCUT2D eigenvalue weighted by atomic mass is 16.6. The molecular weight excluding hydrogens is 198 g/mol. The Kier molecular flexibility index (Phi) is 3.82. The average molecular weight is 213 g/mol. The molecule has 5 nitrogen and oxygen atoms in total. The lowest BCUT2D eigenvalue weighted by Gasteiger charge is -2.20. The number of rotatable bonds is 3. The smallest absolute Gasteiger partial charge is 0.308 e. The van der Waals surface area contributed by atoms with Crippen LogP contribution in [0.15, 0.2) is 11.6 Å². The second-order valence-electron chi connectivity index (χ2n) is 3.73. The number of allylic oxidation sites excluding steroid dienone is 1. The van der Waals surface area contributed by atoms with Gasteiger partial charge in [0.25, 0.3) is 0 Å². The van der Waals surface area contributed by atoms with Gasteiger partial charge in [0.1, 0.15) is 0 Å². The highest BCUT2D eigenvalue weighted by Gasteiger charge is 2.27. The first-order valence-corrected chi connectivity index (χ1v) is 4.96. The Morgan fingerprint density at radius 2 is 2.40 bits per heavy atom. The van der Waals surface area contributed by atoms with E-state index in [1.54, 1.807) is 13.0 Å². The molecule has 0 N–H and O–H groups in total. The standard InChI is InChI=1S/C10H15NO4/c1-7(11(13)14)8-3-5-9(6-4-8)10(12)15-2/h3,7,9H,4-6H2,1-2H3. The van der Waals surface area contributed by atoms with Crippen LogP contribution in [0.5, 0.6) is 0 Å². The molecule has 2 atom stereocenters. The number of esters is 1. The quantitative estimate of drug-likeness (QED) is 0.308. The van der Waals surface area contributed by atoms with E-state index in [9.17, 15) is 14.9 Å². The lowest BCUT2D eigenvalue weighted by atomic mass is 9.87. The second kappa shape index (κ2) is 4.91. The van der Waals surface area contributed by atoms with Crippen LogP contribution in [0, 0.1) is 16.0 Å². The van der Waals surface area contributed by atoms with Gasteiger partial charge in [-0.3, -0.25) is 14.9 Å². The monoisotopic (exact) mass is 213 g/mol. The number of nitrogens with zero attached hydrogens (tertiary/aromatic N) is 1. The normalized spacial score (nSPS) is 22.8. The number of carbonyl (C=O) groups is 1. The number of carbonyl (C=O) groups excluding carboxylic acids is 1. The molecule has 0 aromatic carbocycles. The molecule has 84 valence electrons. The fourth-order valence-electron chi connectivity index (χ4n) is 1.75. The Labute approximate surface area is 88.3 Å². The maximum Gasteiger partial charge on any atom is 0.308 e. The van der Waals surface area contributed by atoms with Crippen molar-refractivity contribution < 1.29 is 14.5 Å². The third-order valence-corrected chi connectivity index (χ3v) is 2.83. The van der Waals surface area contributed by atoms with Gasteiger partial charge in [-0.25, -0.2) is 0 Å². The molecule has 0 aliphatic heterocycles. The molecule has 0 saturated heterocycles. The molecule has 15 heavy (non-hydrogen) atoms. The van der Waals surface area contributed by atoms with Crippen molar-refractivity contribution >= 4 is 5.97 Å². The van der Waals surface area contributed by atoms with Crippen LogP contribution >= 0.6 is 0 Å². The molecule has 1 rings (SSSR count). The van der Waals surface area contributed by atoms with Gasteiger partial charge in [0.15, 0.2) is 0 Å². The molecule has 5 heteroatoms. The summed E-state index contributed by atoms with van der Waals surface area (Å²) in [6, 6.07) is -0.636. The summed E-state index contributed by atoms with van der Waals surface area (Å²) in [7, 11) is 1.36. The van der Waals surface area contributed by atoms with E-state index < -0.39 is 6.04 Å². The largest absolute Gasteiger partial charge is 0.469 e. The van der Waals surface area contributed by atoms with Gasteiger partial charge >= 0.3 is 5.97 Å². The van der Waals surface area contributed by atoms with Crippen molar-refractivity contribution in [3.05, 3.63) is 21.8 Å². The van der Waals surface area contributed by atoms with E-state index in [4.69, 9.17) is 0 Å². The minimum atomic E-state index is -0.636. The van der Waals surface area contributed by atoms with Crippen molar-refractivity contribution in [2.45, 2.75) is 32.2 Å². The summed E-state index contributed by atoms with van der Waals surface area (Å²) in [6.07, 6.45) is 3.62. The molecule has 1 aliphatic rings. The summed E-state index contributed by atoms with van der Waals surface area (Å²) < 4.78 is 4.63.